The van der Waals surface area contributed by atoms with E-state index < -0.39 is 5.91 Å². The summed E-state index contributed by atoms with van der Waals surface area (Å²) in [5.74, 6) is 0.0111. The Morgan fingerprint density at radius 1 is 1.31 bits per heavy atom. The molecule has 0 aliphatic carbocycles. The fourth-order valence-corrected chi connectivity index (χ4v) is 2.26. The number of aromatic nitrogens is 5. The zero-order valence-corrected chi connectivity index (χ0v) is 14.5. The molecule has 0 aliphatic heterocycles. The Hall–Kier alpha value is -3.33. The number of aryl methyl sites for hydroxylation is 1. The molecule has 2 heterocycles. The molecule has 0 saturated carbocycles. The van der Waals surface area contributed by atoms with Crippen LogP contribution in [0.25, 0.3) is 0 Å². The second-order valence-corrected chi connectivity index (χ2v) is 5.58. The number of benzene rings is 1. The van der Waals surface area contributed by atoms with E-state index in [4.69, 9.17) is 16.4 Å². The van der Waals surface area contributed by atoms with Gasteiger partial charge in [-0.05, 0) is 16.5 Å². The van der Waals surface area contributed by atoms with Crippen LogP contribution in [0.5, 0.6) is 0 Å². The molecule has 0 bridgehead atoms. The number of hydrogen-bond acceptors (Lipinski definition) is 7. The van der Waals surface area contributed by atoms with Gasteiger partial charge in [0, 0.05) is 18.8 Å². The Kier molecular flexibility index (Phi) is 5.49. The smallest absolute Gasteiger partial charge is 0.265 e. The zero-order valence-electron chi connectivity index (χ0n) is 13.7. The van der Waals surface area contributed by atoms with Gasteiger partial charge in [-0.1, -0.05) is 47.1 Å². The third kappa shape index (κ3) is 4.39. The molecule has 9 nitrogen and oxygen atoms in total. The van der Waals surface area contributed by atoms with Gasteiger partial charge in [0.05, 0.1) is 16.9 Å². The second kappa shape index (κ2) is 8.17. The summed E-state index contributed by atoms with van der Waals surface area (Å²) in [6.07, 6.45) is 2.95. The maximum Gasteiger partial charge on any atom is 0.265 e. The average Bonchev–Trinajstić information content (AvgIpc) is 3.05. The first kappa shape index (κ1) is 17.5. The van der Waals surface area contributed by atoms with Crippen LogP contribution in [0, 0.1) is 0 Å². The van der Waals surface area contributed by atoms with Crippen LogP contribution in [0.1, 0.15) is 11.4 Å². The highest BCUT2D eigenvalue weighted by Gasteiger charge is 2.15. The fourth-order valence-electron chi connectivity index (χ4n) is 2.08. The first-order chi connectivity index (χ1) is 12.6. The molecule has 0 unspecified atom stereocenters. The standard InChI is InChI=1S/C16H14ClN7O2/c1-24-16(20-22-23-24)15(11-5-3-2-4-6-11)21-26-10-14(25)19-13-7-12(17)8-18-9-13/h2-9H,10H2,1H3,(H,19,25)/b21-15-. The number of rotatable bonds is 6. The maximum absolute atomic E-state index is 12.0. The van der Waals surface area contributed by atoms with E-state index in [1.54, 1.807) is 13.1 Å². The van der Waals surface area contributed by atoms with E-state index in [1.807, 2.05) is 30.3 Å². The van der Waals surface area contributed by atoms with Crippen molar-refractivity contribution in [3.63, 3.8) is 0 Å². The fraction of sp³-hybridized carbons (Fsp3) is 0.125. The normalized spacial score (nSPS) is 11.2. The van der Waals surface area contributed by atoms with Crippen LogP contribution in [0.4, 0.5) is 5.69 Å². The summed E-state index contributed by atoms with van der Waals surface area (Å²) in [6.45, 7) is -0.297. The highest BCUT2D eigenvalue weighted by molar-refractivity contribution is 6.30. The predicted octanol–water partition coefficient (Wildman–Crippen LogP) is 1.67. The van der Waals surface area contributed by atoms with Crippen molar-refractivity contribution < 1.29 is 9.63 Å². The van der Waals surface area contributed by atoms with Gasteiger partial charge in [-0.15, -0.1) is 5.10 Å². The molecule has 132 valence electrons. The van der Waals surface area contributed by atoms with Crippen LogP contribution in [0.15, 0.2) is 53.9 Å². The number of tetrazole rings is 1. The molecule has 10 heteroatoms. The van der Waals surface area contributed by atoms with Gasteiger partial charge in [-0.25, -0.2) is 4.68 Å². The number of pyridine rings is 1. The average molecular weight is 372 g/mol. The quantitative estimate of drug-likeness (QED) is 0.521. The largest absolute Gasteiger partial charge is 0.385 e. The Labute approximate surface area is 153 Å². The van der Waals surface area contributed by atoms with Crippen LogP contribution in [0.3, 0.4) is 0 Å². The van der Waals surface area contributed by atoms with E-state index in [0.29, 0.717) is 22.2 Å². The predicted molar refractivity (Wildman–Crippen MR) is 94.7 cm³/mol. The van der Waals surface area contributed by atoms with Gasteiger partial charge in [0.15, 0.2) is 12.3 Å². The van der Waals surface area contributed by atoms with Crippen molar-refractivity contribution in [2.75, 3.05) is 11.9 Å². The van der Waals surface area contributed by atoms with Crippen LogP contribution >= 0.6 is 11.6 Å². The Morgan fingerprint density at radius 2 is 2.12 bits per heavy atom. The number of amides is 1. The van der Waals surface area contributed by atoms with Crippen LogP contribution < -0.4 is 5.32 Å². The van der Waals surface area contributed by atoms with E-state index in [9.17, 15) is 4.79 Å². The Morgan fingerprint density at radius 3 is 2.81 bits per heavy atom. The lowest BCUT2D eigenvalue weighted by atomic mass is 10.1. The van der Waals surface area contributed by atoms with Crippen molar-refractivity contribution in [3.8, 4) is 0 Å². The van der Waals surface area contributed by atoms with Crippen LogP contribution in [-0.4, -0.2) is 43.4 Å². The molecule has 0 fully saturated rings. The second-order valence-electron chi connectivity index (χ2n) is 5.15. The number of nitrogens with one attached hydrogen (secondary N) is 1. The first-order valence-corrected chi connectivity index (χ1v) is 7.90. The summed E-state index contributed by atoms with van der Waals surface area (Å²) < 4.78 is 1.47. The molecule has 3 rings (SSSR count). The minimum atomic E-state index is -0.402. The Bertz CT molecular complexity index is 927. The SMILES string of the molecule is Cn1nnnc1/C(=N\OCC(=O)Nc1cncc(Cl)c1)c1ccccc1. The highest BCUT2D eigenvalue weighted by atomic mass is 35.5. The minimum absolute atomic E-state index is 0.297. The number of nitrogens with zero attached hydrogens (tertiary/aromatic N) is 6. The van der Waals surface area contributed by atoms with Crippen molar-refractivity contribution in [2.45, 2.75) is 0 Å². The molecule has 0 saturated heterocycles. The summed E-state index contributed by atoms with van der Waals surface area (Å²) in [6, 6.07) is 10.9. The van der Waals surface area contributed by atoms with Gasteiger partial charge >= 0.3 is 0 Å². The topological polar surface area (TPSA) is 107 Å². The number of anilines is 1. The summed E-state index contributed by atoms with van der Waals surface area (Å²) >= 11 is 5.83. The lowest BCUT2D eigenvalue weighted by molar-refractivity contribution is -0.120. The van der Waals surface area contributed by atoms with E-state index in [0.717, 1.165) is 5.56 Å². The molecule has 3 aromatic rings. The van der Waals surface area contributed by atoms with Crippen molar-refractivity contribution >= 4 is 28.9 Å². The molecule has 1 N–H and O–H groups in total. The van der Waals surface area contributed by atoms with E-state index in [-0.39, 0.29) is 6.61 Å². The molecule has 0 atom stereocenters. The van der Waals surface area contributed by atoms with Crippen LogP contribution in [0.2, 0.25) is 5.02 Å². The molecule has 0 aliphatic rings. The summed E-state index contributed by atoms with van der Waals surface area (Å²) in [4.78, 5) is 21.1. The zero-order chi connectivity index (χ0) is 18.4. The van der Waals surface area contributed by atoms with Gasteiger partial charge in [-0.2, -0.15) is 0 Å². The van der Waals surface area contributed by atoms with Gasteiger partial charge in [0.2, 0.25) is 5.82 Å². The van der Waals surface area contributed by atoms with Crippen LogP contribution in [-0.2, 0) is 16.7 Å². The first-order valence-electron chi connectivity index (χ1n) is 7.52. The number of hydrogen-bond donors (Lipinski definition) is 1. The Balaban J connectivity index is 1.71. The number of carbonyl (C=O) groups excluding carboxylic acids is 1. The van der Waals surface area contributed by atoms with Crippen molar-refractivity contribution in [2.24, 2.45) is 12.2 Å². The van der Waals surface area contributed by atoms with Gasteiger partial charge in [0.1, 0.15) is 0 Å². The lowest BCUT2D eigenvalue weighted by Crippen LogP contribution is -2.18. The maximum atomic E-state index is 12.0. The molecule has 1 aromatic carbocycles. The van der Waals surface area contributed by atoms with Crippen molar-refractivity contribution in [3.05, 3.63) is 65.2 Å². The molecule has 1 amide bonds. The molecule has 0 spiro atoms. The molecular weight excluding hydrogens is 358 g/mol. The summed E-state index contributed by atoms with van der Waals surface area (Å²) in [5, 5.41) is 18.4. The van der Waals surface area contributed by atoms with E-state index in [2.05, 4.69) is 31.0 Å². The van der Waals surface area contributed by atoms with Gasteiger partial charge in [-0.3, -0.25) is 9.78 Å². The number of halogens is 1. The minimum Gasteiger partial charge on any atom is -0.385 e. The monoisotopic (exact) mass is 371 g/mol. The third-order valence-electron chi connectivity index (χ3n) is 3.22. The van der Waals surface area contributed by atoms with E-state index in [1.165, 1.54) is 17.1 Å². The number of oxime groups is 1. The molecule has 0 radical (unpaired) electrons. The van der Waals surface area contributed by atoms with Gasteiger partial charge in [0.25, 0.3) is 5.91 Å². The highest BCUT2D eigenvalue weighted by Crippen LogP contribution is 2.12. The number of carbonyl (C=O) groups is 1. The molecule has 26 heavy (non-hydrogen) atoms. The lowest BCUT2D eigenvalue weighted by Gasteiger charge is -2.06. The third-order valence-corrected chi connectivity index (χ3v) is 3.43. The summed E-state index contributed by atoms with van der Waals surface area (Å²) in [5.41, 5.74) is 1.64. The van der Waals surface area contributed by atoms with E-state index >= 15 is 0 Å². The molecular formula is C16H14ClN7O2. The molecule has 2 aromatic heterocycles. The van der Waals surface area contributed by atoms with Crippen molar-refractivity contribution in [1.29, 1.82) is 0 Å². The summed E-state index contributed by atoms with van der Waals surface area (Å²) in [7, 11) is 1.69. The van der Waals surface area contributed by atoms with Gasteiger partial charge < -0.3 is 10.2 Å². The van der Waals surface area contributed by atoms with Crippen molar-refractivity contribution in [1.82, 2.24) is 25.2 Å².